The van der Waals surface area contributed by atoms with Crippen molar-refractivity contribution in [2.24, 2.45) is 0 Å². The molecule has 0 bridgehead atoms. The molecule has 4 heteroatoms. The summed E-state index contributed by atoms with van der Waals surface area (Å²) in [6.07, 6.45) is 8.72. The van der Waals surface area contributed by atoms with E-state index in [0.29, 0.717) is 12.2 Å². The van der Waals surface area contributed by atoms with Gasteiger partial charge in [-0.2, -0.15) is 0 Å². The number of hydrogen-bond acceptors (Lipinski definition) is 2. The molecule has 0 aliphatic carbocycles. The molecule has 1 aromatic rings. The number of nitrogens with zero attached hydrogens (tertiary/aromatic N) is 1. The summed E-state index contributed by atoms with van der Waals surface area (Å²) in [7, 11) is 0. The van der Waals surface area contributed by atoms with Crippen LogP contribution in [0.1, 0.15) is 19.4 Å². The fourth-order valence-corrected chi connectivity index (χ4v) is 1.28. The van der Waals surface area contributed by atoms with Crippen LogP contribution in [0.25, 0.3) is 0 Å². The van der Waals surface area contributed by atoms with Crippen molar-refractivity contribution >= 4 is 6.03 Å². The highest BCUT2D eigenvalue weighted by Gasteiger charge is 2.00. The fraction of sp³-hybridized carbons (Fsp3) is 0.200. The third-order valence-electron chi connectivity index (χ3n) is 2.28. The third-order valence-corrected chi connectivity index (χ3v) is 2.28. The van der Waals surface area contributed by atoms with E-state index in [2.05, 4.69) is 22.2 Å². The number of allylic oxidation sites excluding steroid dienone is 4. The second-order valence-corrected chi connectivity index (χ2v) is 4.23. The number of pyridine rings is 1. The van der Waals surface area contributed by atoms with Crippen molar-refractivity contribution in [1.29, 1.82) is 0 Å². The van der Waals surface area contributed by atoms with E-state index >= 15 is 0 Å². The Hall–Kier alpha value is -2.36. The molecule has 0 aromatic carbocycles. The van der Waals surface area contributed by atoms with Gasteiger partial charge in [0.15, 0.2) is 0 Å². The molecule has 2 N–H and O–H groups in total. The normalized spacial score (nSPS) is 10.5. The van der Waals surface area contributed by atoms with Crippen LogP contribution in [-0.2, 0) is 6.54 Å². The number of aromatic nitrogens is 1. The summed E-state index contributed by atoms with van der Waals surface area (Å²) in [4.78, 5) is 15.6. The quantitative estimate of drug-likeness (QED) is 0.797. The number of urea groups is 1. The van der Waals surface area contributed by atoms with Gasteiger partial charge in [-0.1, -0.05) is 18.2 Å². The first-order chi connectivity index (χ1) is 9.11. The van der Waals surface area contributed by atoms with Crippen LogP contribution in [0.15, 0.2) is 60.6 Å². The van der Waals surface area contributed by atoms with E-state index in [0.717, 1.165) is 11.1 Å². The van der Waals surface area contributed by atoms with Gasteiger partial charge in [-0.25, -0.2) is 4.79 Å². The van der Waals surface area contributed by atoms with Crippen molar-refractivity contribution in [3.05, 3.63) is 66.2 Å². The molecule has 1 rings (SSSR count). The van der Waals surface area contributed by atoms with Crippen molar-refractivity contribution in [1.82, 2.24) is 15.6 Å². The van der Waals surface area contributed by atoms with Crippen LogP contribution in [0.3, 0.4) is 0 Å². The minimum absolute atomic E-state index is 0.259. The maximum Gasteiger partial charge on any atom is 0.319 e. The Morgan fingerprint density at radius 1 is 1.32 bits per heavy atom. The minimum atomic E-state index is -0.259. The fourth-order valence-electron chi connectivity index (χ4n) is 1.28. The van der Waals surface area contributed by atoms with Crippen LogP contribution in [-0.4, -0.2) is 11.0 Å². The van der Waals surface area contributed by atoms with Crippen LogP contribution in [0.5, 0.6) is 0 Å². The number of hydrogen-bond donors (Lipinski definition) is 2. The van der Waals surface area contributed by atoms with E-state index in [1.54, 1.807) is 18.5 Å². The molecule has 0 saturated heterocycles. The largest absolute Gasteiger partial charge is 0.334 e. The average molecular weight is 257 g/mol. The molecule has 0 saturated carbocycles. The smallest absolute Gasteiger partial charge is 0.319 e. The Labute approximate surface area is 113 Å². The summed E-state index contributed by atoms with van der Waals surface area (Å²) in [5.41, 5.74) is 2.81. The summed E-state index contributed by atoms with van der Waals surface area (Å²) < 4.78 is 0. The molecule has 0 aliphatic heterocycles. The molecule has 4 nitrogen and oxygen atoms in total. The maximum atomic E-state index is 11.7. The Bertz CT molecular complexity index is 485. The van der Waals surface area contributed by atoms with Crippen LogP contribution >= 0.6 is 0 Å². The molecular formula is C15H19N3O. The minimum Gasteiger partial charge on any atom is -0.334 e. The van der Waals surface area contributed by atoms with Crippen molar-refractivity contribution < 1.29 is 4.79 Å². The molecular weight excluding hydrogens is 238 g/mol. The SMILES string of the molecule is C=C/C(=C\C=C(C)C)NC(=O)NCc1ccncc1. The van der Waals surface area contributed by atoms with Crippen LogP contribution in [0, 0.1) is 0 Å². The molecule has 2 amide bonds. The summed E-state index contributed by atoms with van der Waals surface area (Å²) >= 11 is 0. The van der Waals surface area contributed by atoms with Crippen molar-refractivity contribution in [3.8, 4) is 0 Å². The zero-order valence-corrected chi connectivity index (χ0v) is 11.3. The number of rotatable bonds is 5. The van der Waals surface area contributed by atoms with E-state index in [4.69, 9.17) is 0 Å². The van der Waals surface area contributed by atoms with Crippen molar-refractivity contribution in [2.45, 2.75) is 20.4 Å². The van der Waals surface area contributed by atoms with Crippen LogP contribution < -0.4 is 10.6 Å². The first kappa shape index (κ1) is 14.7. The molecule has 0 unspecified atom stereocenters. The Balaban J connectivity index is 2.48. The van der Waals surface area contributed by atoms with Gasteiger partial charge in [0.1, 0.15) is 0 Å². The summed E-state index contributed by atoms with van der Waals surface area (Å²) in [5, 5.41) is 5.49. The number of amides is 2. The van der Waals surface area contributed by atoms with Gasteiger partial charge in [0.25, 0.3) is 0 Å². The van der Waals surface area contributed by atoms with E-state index in [1.807, 2.05) is 38.1 Å². The van der Waals surface area contributed by atoms with Crippen molar-refractivity contribution in [2.75, 3.05) is 0 Å². The van der Waals surface area contributed by atoms with Gasteiger partial charge < -0.3 is 10.6 Å². The van der Waals surface area contributed by atoms with E-state index in [9.17, 15) is 4.79 Å². The Kier molecular flexibility index (Phi) is 6.09. The van der Waals surface area contributed by atoms with Crippen molar-refractivity contribution in [3.63, 3.8) is 0 Å². The summed E-state index contributed by atoms with van der Waals surface area (Å²) in [6.45, 7) is 8.10. The monoisotopic (exact) mass is 257 g/mol. The number of nitrogens with one attached hydrogen (secondary N) is 2. The Morgan fingerprint density at radius 2 is 2.00 bits per heavy atom. The van der Waals surface area contributed by atoms with Gasteiger partial charge in [-0.05, 0) is 43.7 Å². The zero-order valence-electron chi connectivity index (χ0n) is 11.3. The first-order valence-corrected chi connectivity index (χ1v) is 6.03. The summed E-state index contributed by atoms with van der Waals surface area (Å²) in [5.74, 6) is 0. The highest BCUT2D eigenvalue weighted by molar-refractivity contribution is 5.76. The van der Waals surface area contributed by atoms with Gasteiger partial charge in [-0.3, -0.25) is 4.98 Å². The van der Waals surface area contributed by atoms with Crippen LogP contribution in [0.4, 0.5) is 4.79 Å². The van der Waals surface area contributed by atoms with Crippen LogP contribution in [0.2, 0.25) is 0 Å². The second kappa shape index (κ2) is 7.87. The molecule has 0 radical (unpaired) electrons. The van der Waals surface area contributed by atoms with Gasteiger partial charge in [0.2, 0.25) is 0 Å². The third kappa shape index (κ3) is 6.21. The van der Waals surface area contributed by atoms with E-state index in [-0.39, 0.29) is 6.03 Å². The highest BCUT2D eigenvalue weighted by atomic mass is 16.2. The molecule has 0 atom stereocenters. The molecule has 0 fully saturated rings. The molecule has 1 aromatic heterocycles. The zero-order chi connectivity index (χ0) is 14.1. The predicted molar refractivity (Wildman–Crippen MR) is 77.3 cm³/mol. The second-order valence-electron chi connectivity index (χ2n) is 4.23. The molecule has 19 heavy (non-hydrogen) atoms. The lowest BCUT2D eigenvalue weighted by Crippen LogP contribution is -2.34. The predicted octanol–water partition coefficient (Wildman–Crippen LogP) is 2.92. The lowest BCUT2D eigenvalue weighted by Gasteiger charge is -2.07. The maximum absolute atomic E-state index is 11.7. The van der Waals surface area contributed by atoms with Gasteiger partial charge in [0.05, 0.1) is 0 Å². The van der Waals surface area contributed by atoms with Gasteiger partial charge in [0, 0.05) is 24.6 Å². The molecule has 0 aliphatic rings. The van der Waals surface area contributed by atoms with Gasteiger partial charge >= 0.3 is 6.03 Å². The molecule has 0 spiro atoms. The highest BCUT2D eigenvalue weighted by Crippen LogP contribution is 1.97. The Morgan fingerprint density at radius 3 is 2.58 bits per heavy atom. The lowest BCUT2D eigenvalue weighted by molar-refractivity contribution is 0.243. The lowest BCUT2D eigenvalue weighted by atomic mass is 10.3. The molecule has 1 heterocycles. The average Bonchev–Trinajstić information content (AvgIpc) is 2.42. The molecule has 100 valence electrons. The number of carbonyl (C=O) groups excluding carboxylic acids is 1. The number of carbonyl (C=O) groups is 1. The topological polar surface area (TPSA) is 54.0 Å². The standard InChI is InChI=1S/C15H19N3O/c1-4-14(6-5-12(2)3)18-15(19)17-11-13-7-9-16-10-8-13/h4-10H,1,11H2,2-3H3,(H2,17,18,19)/b14-6+. The van der Waals surface area contributed by atoms with E-state index in [1.165, 1.54) is 0 Å². The van der Waals surface area contributed by atoms with E-state index < -0.39 is 0 Å². The first-order valence-electron chi connectivity index (χ1n) is 6.03. The summed E-state index contributed by atoms with van der Waals surface area (Å²) in [6, 6.07) is 3.45. The van der Waals surface area contributed by atoms with Gasteiger partial charge in [-0.15, -0.1) is 0 Å².